The fraction of sp³-hybridized carbons (Fsp3) is 0.667. The van der Waals surface area contributed by atoms with Gasteiger partial charge in [-0.25, -0.2) is 0 Å². The van der Waals surface area contributed by atoms with Gasteiger partial charge in [0.2, 0.25) is 5.91 Å². The molecule has 0 fully saturated rings. The lowest BCUT2D eigenvalue weighted by Crippen LogP contribution is -2.30. The summed E-state index contributed by atoms with van der Waals surface area (Å²) in [5.74, 6) is -0.139. The zero-order valence-corrected chi connectivity index (χ0v) is 9.23. The van der Waals surface area contributed by atoms with Gasteiger partial charge in [-0.05, 0) is 0 Å². The molecular formula is C9H16N4O3. The molecule has 0 aromatic carbocycles. The van der Waals surface area contributed by atoms with Gasteiger partial charge in [-0.3, -0.25) is 4.79 Å². The second-order valence-corrected chi connectivity index (χ2v) is 3.11. The molecule has 0 bridgehead atoms. The molecule has 0 spiro atoms. The van der Waals surface area contributed by atoms with Gasteiger partial charge in [0, 0.05) is 20.1 Å². The van der Waals surface area contributed by atoms with Crippen LogP contribution in [0.5, 0.6) is 0 Å². The van der Waals surface area contributed by atoms with Crippen molar-refractivity contribution in [1.82, 2.24) is 20.7 Å². The highest BCUT2D eigenvalue weighted by molar-refractivity contribution is 5.77. The Morgan fingerprint density at radius 1 is 1.56 bits per heavy atom. The molecule has 1 aromatic rings. The molecular weight excluding hydrogens is 212 g/mol. The second kappa shape index (κ2) is 7.77. The molecule has 1 aromatic heterocycles. The smallest absolute Gasteiger partial charge is 0.246 e. The summed E-state index contributed by atoms with van der Waals surface area (Å²) in [5.41, 5.74) is 0.820. The van der Waals surface area contributed by atoms with E-state index in [1.54, 1.807) is 13.3 Å². The molecule has 1 rings (SSSR count). The van der Waals surface area contributed by atoms with Crippen molar-refractivity contribution in [3.05, 3.63) is 11.9 Å². The molecule has 0 aliphatic carbocycles. The molecule has 0 saturated carbocycles. The lowest BCUT2D eigenvalue weighted by molar-refractivity contribution is -0.126. The number of carbonyl (C=O) groups is 1. The zero-order valence-electron chi connectivity index (χ0n) is 9.23. The number of hydrogen-bond donors (Lipinski definition) is 2. The van der Waals surface area contributed by atoms with E-state index in [2.05, 4.69) is 20.7 Å². The summed E-state index contributed by atoms with van der Waals surface area (Å²) >= 11 is 0. The van der Waals surface area contributed by atoms with Crippen LogP contribution in [-0.2, 0) is 20.7 Å². The van der Waals surface area contributed by atoms with Crippen molar-refractivity contribution in [2.75, 3.05) is 33.5 Å². The first kappa shape index (κ1) is 12.6. The molecule has 0 atom stereocenters. The predicted molar refractivity (Wildman–Crippen MR) is 55.8 cm³/mol. The summed E-state index contributed by atoms with van der Waals surface area (Å²) in [7, 11) is 1.58. The average Bonchev–Trinajstić information content (AvgIpc) is 2.77. The maximum atomic E-state index is 11.2. The van der Waals surface area contributed by atoms with Crippen molar-refractivity contribution in [3.63, 3.8) is 0 Å². The Morgan fingerprint density at radius 3 is 3.12 bits per heavy atom. The van der Waals surface area contributed by atoms with Crippen molar-refractivity contribution in [3.8, 4) is 0 Å². The monoisotopic (exact) mass is 228 g/mol. The van der Waals surface area contributed by atoms with E-state index >= 15 is 0 Å². The van der Waals surface area contributed by atoms with Crippen LogP contribution in [0.15, 0.2) is 6.20 Å². The fourth-order valence-electron chi connectivity index (χ4n) is 1.03. The van der Waals surface area contributed by atoms with Gasteiger partial charge >= 0.3 is 0 Å². The zero-order chi connectivity index (χ0) is 11.6. The quantitative estimate of drug-likeness (QED) is 0.564. The molecule has 1 amide bonds. The van der Waals surface area contributed by atoms with E-state index in [0.717, 1.165) is 5.69 Å². The second-order valence-electron chi connectivity index (χ2n) is 3.11. The standard InChI is InChI=1S/C9H16N4O3/c1-15-4-5-16-7-9(14)10-3-2-8-6-11-13-12-8/h6H,2-5,7H2,1H3,(H,10,14)(H,11,12,13). The van der Waals surface area contributed by atoms with Gasteiger partial charge < -0.3 is 14.8 Å². The fourth-order valence-corrected chi connectivity index (χ4v) is 1.03. The molecule has 7 nitrogen and oxygen atoms in total. The number of H-pyrrole nitrogens is 1. The Morgan fingerprint density at radius 2 is 2.44 bits per heavy atom. The maximum absolute atomic E-state index is 11.2. The van der Waals surface area contributed by atoms with Crippen LogP contribution < -0.4 is 5.32 Å². The molecule has 0 unspecified atom stereocenters. The summed E-state index contributed by atoms with van der Waals surface area (Å²) in [4.78, 5) is 11.2. The minimum atomic E-state index is -0.139. The van der Waals surface area contributed by atoms with Crippen molar-refractivity contribution in [2.45, 2.75) is 6.42 Å². The molecule has 7 heteroatoms. The third kappa shape index (κ3) is 5.42. The number of amides is 1. The lowest BCUT2D eigenvalue weighted by Gasteiger charge is -2.04. The normalized spacial score (nSPS) is 10.3. The number of aromatic nitrogens is 3. The number of aromatic amines is 1. The van der Waals surface area contributed by atoms with Crippen LogP contribution >= 0.6 is 0 Å². The summed E-state index contributed by atoms with van der Waals surface area (Å²) in [6.07, 6.45) is 2.28. The van der Waals surface area contributed by atoms with Crippen LogP contribution in [0.25, 0.3) is 0 Å². The Kier molecular flexibility index (Phi) is 6.12. The van der Waals surface area contributed by atoms with E-state index in [4.69, 9.17) is 9.47 Å². The first-order valence-electron chi connectivity index (χ1n) is 5.01. The number of hydrogen-bond acceptors (Lipinski definition) is 5. The maximum Gasteiger partial charge on any atom is 0.246 e. The van der Waals surface area contributed by atoms with E-state index in [1.807, 2.05) is 0 Å². The van der Waals surface area contributed by atoms with Crippen molar-refractivity contribution in [2.24, 2.45) is 0 Å². The Hall–Kier alpha value is -1.47. The Bertz CT molecular complexity index is 289. The number of ether oxygens (including phenoxy) is 2. The highest BCUT2D eigenvalue weighted by Gasteiger charge is 2.01. The van der Waals surface area contributed by atoms with Gasteiger partial charge in [-0.1, -0.05) is 0 Å². The number of nitrogens with one attached hydrogen (secondary N) is 2. The Balaban J connectivity index is 1.98. The first-order chi connectivity index (χ1) is 7.83. The van der Waals surface area contributed by atoms with Crippen LogP contribution in [0, 0.1) is 0 Å². The highest BCUT2D eigenvalue weighted by Crippen LogP contribution is 1.88. The third-order valence-electron chi connectivity index (χ3n) is 1.83. The molecule has 0 aliphatic heterocycles. The first-order valence-corrected chi connectivity index (χ1v) is 5.01. The number of methoxy groups -OCH3 is 1. The van der Waals surface area contributed by atoms with Gasteiger partial charge in [0.05, 0.1) is 25.1 Å². The summed E-state index contributed by atoms with van der Waals surface area (Å²) in [5, 5.41) is 12.7. The van der Waals surface area contributed by atoms with Gasteiger partial charge in [0.25, 0.3) is 0 Å². The van der Waals surface area contributed by atoms with E-state index in [-0.39, 0.29) is 12.5 Å². The minimum Gasteiger partial charge on any atom is -0.382 e. The van der Waals surface area contributed by atoms with Crippen LogP contribution in [0.3, 0.4) is 0 Å². The van der Waals surface area contributed by atoms with Crippen LogP contribution in [-0.4, -0.2) is 54.8 Å². The number of carbonyl (C=O) groups excluding carboxylic acids is 1. The van der Waals surface area contributed by atoms with E-state index < -0.39 is 0 Å². The molecule has 0 saturated heterocycles. The van der Waals surface area contributed by atoms with E-state index in [0.29, 0.717) is 26.2 Å². The number of nitrogens with zero attached hydrogens (tertiary/aromatic N) is 2. The van der Waals surface area contributed by atoms with Gasteiger partial charge in [0.1, 0.15) is 6.61 Å². The van der Waals surface area contributed by atoms with Crippen LogP contribution in [0.1, 0.15) is 5.69 Å². The average molecular weight is 228 g/mol. The SMILES string of the molecule is COCCOCC(=O)NCCc1cn[nH]n1. The summed E-state index contributed by atoms with van der Waals surface area (Å²) in [6, 6.07) is 0. The van der Waals surface area contributed by atoms with Gasteiger partial charge in [0.15, 0.2) is 0 Å². The molecule has 2 N–H and O–H groups in total. The molecule has 0 aliphatic rings. The van der Waals surface area contributed by atoms with Crippen LogP contribution in [0.4, 0.5) is 0 Å². The predicted octanol–water partition coefficient (Wildman–Crippen LogP) is -0.874. The van der Waals surface area contributed by atoms with Crippen molar-refractivity contribution < 1.29 is 14.3 Å². The number of rotatable bonds is 8. The van der Waals surface area contributed by atoms with E-state index in [1.165, 1.54) is 0 Å². The Labute approximate surface area is 93.5 Å². The van der Waals surface area contributed by atoms with E-state index in [9.17, 15) is 4.79 Å². The molecule has 90 valence electrons. The van der Waals surface area contributed by atoms with Crippen molar-refractivity contribution in [1.29, 1.82) is 0 Å². The molecule has 0 radical (unpaired) electrons. The van der Waals surface area contributed by atoms with Gasteiger partial charge in [-0.15, -0.1) is 0 Å². The van der Waals surface area contributed by atoms with Crippen molar-refractivity contribution >= 4 is 5.91 Å². The highest BCUT2D eigenvalue weighted by atomic mass is 16.5. The minimum absolute atomic E-state index is 0.0577. The summed E-state index contributed by atoms with van der Waals surface area (Å²) < 4.78 is 9.83. The largest absolute Gasteiger partial charge is 0.382 e. The van der Waals surface area contributed by atoms with Gasteiger partial charge in [-0.2, -0.15) is 15.4 Å². The molecule has 1 heterocycles. The van der Waals surface area contributed by atoms with Crippen LogP contribution in [0.2, 0.25) is 0 Å². The third-order valence-corrected chi connectivity index (χ3v) is 1.83. The summed E-state index contributed by atoms with van der Waals surface area (Å²) in [6.45, 7) is 1.50. The topological polar surface area (TPSA) is 89.1 Å². The lowest BCUT2D eigenvalue weighted by atomic mass is 10.3. The molecule has 16 heavy (non-hydrogen) atoms.